The van der Waals surface area contributed by atoms with Crippen LogP contribution in [0.4, 0.5) is 0 Å². The molecule has 3 heterocycles. The Hall–Kier alpha value is -2.47. The predicted octanol–water partition coefficient (Wildman–Crippen LogP) is 2.86. The minimum absolute atomic E-state index is 0.358. The van der Waals surface area contributed by atoms with Crippen molar-refractivity contribution in [3.05, 3.63) is 59.8 Å². The van der Waals surface area contributed by atoms with Crippen LogP contribution in [0.2, 0.25) is 0 Å². The molecule has 0 aliphatic carbocycles. The van der Waals surface area contributed by atoms with E-state index in [1.807, 2.05) is 24.0 Å². The van der Waals surface area contributed by atoms with Crippen LogP contribution in [0.5, 0.6) is 0 Å². The third-order valence-corrected chi connectivity index (χ3v) is 4.69. The van der Waals surface area contributed by atoms with Crippen LogP contribution in [0, 0.1) is 13.8 Å². The van der Waals surface area contributed by atoms with Crippen LogP contribution >= 0.6 is 0 Å². The number of nitrogens with zero attached hydrogens (tertiary/aromatic N) is 5. The Balaban J connectivity index is 1.44. The lowest BCUT2D eigenvalue weighted by Gasteiger charge is -2.17. The first-order chi connectivity index (χ1) is 11.7. The molecule has 1 aromatic carbocycles. The van der Waals surface area contributed by atoms with Gasteiger partial charge in [-0.2, -0.15) is 4.98 Å². The fraction of sp³-hybridized carbons (Fsp3) is 0.389. The smallest absolute Gasteiger partial charge is 0.231 e. The molecule has 1 fully saturated rings. The third kappa shape index (κ3) is 2.97. The molecule has 0 N–H and O–H groups in total. The van der Waals surface area contributed by atoms with Gasteiger partial charge in [-0.3, -0.25) is 4.90 Å². The SMILES string of the molecule is Cc1noc([C@H]2CCN(Cc3ccc(-n4ccnc4)cc3C)C2)n1. The maximum atomic E-state index is 5.33. The largest absolute Gasteiger partial charge is 0.339 e. The van der Waals surface area contributed by atoms with E-state index in [1.54, 1.807) is 6.20 Å². The maximum Gasteiger partial charge on any atom is 0.231 e. The molecule has 24 heavy (non-hydrogen) atoms. The molecule has 0 amide bonds. The Morgan fingerprint density at radius 1 is 1.29 bits per heavy atom. The normalized spacial score (nSPS) is 18.3. The van der Waals surface area contributed by atoms with Crippen LogP contribution < -0.4 is 0 Å². The number of hydrogen-bond acceptors (Lipinski definition) is 5. The van der Waals surface area contributed by atoms with Crippen LogP contribution in [-0.4, -0.2) is 37.7 Å². The Bertz CT molecular complexity index is 824. The molecule has 4 rings (SSSR count). The van der Waals surface area contributed by atoms with Crippen molar-refractivity contribution >= 4 is 0 Å². The quantitative estimate of drug-likeness (QED) is 0.739. The van der Waals surface area contributed by atoms with Gasteiger partial charge >= 0.3 is 0 Å². The lowest BCUT2D eigenvalue weighted by atomic mass is 10.1. The lowest BCUT2D eigenvalue weighted by molar-refractivity contribution is 0.308. The monoisotopic (exact) mass is 323 g/mol. The van der Waals surface area contributed by atoms with Crippen molar-refractivity contribution < 1.29 is 4.52 Å². The van der Waals surface area contributed by atoms with Gasteiger partial charge < -0.3 is 9.09 Å². The lowest BCUT2D eigenvalue weighted by Crippen LogP contribution is -2.20. The number of aromatic nitrogens is 4. The summed E-state index contributed by atoms with van der Waals surface area (Å²) in [6.07, 6.45) is 6.67. The molecule has 0 bridgehead atoms. The van der Waals surface area contributed by atoms with Gasteiger partial charge in [-0.05, 0) is 50.1 Å². The van der Waals surface area contributed by atoms with E-state index in [0.717, 1.165) is 43.5 Å². The van der Waals surface area contributed by atoms with Crippen LogP contribution in [0.25, 0.3) is 5.69 Å². The molecule has 1 atom stereocenters. The van der Waals surface area contributed by atoms with Crippen LogP contribution in [0.3, 0.4) is 0 Å². The Morgan fingerprint density at radius 3 is 2.92 bits per heavy atom. The summed E-state index contributed by atoms with van der Waals surface area (Å²) in [5.74, 6) is 1.85. The number of likely N-dealkylation sites (tertiary alicyclic amines) is 1. The number of rotatable bonds is 4. The minimum Gasteiger partial charge on any atom is -0.339 e. The Labute approximate surface area is 141 Å². The first kappa shape index (κ1) is 15.1. The Kier molecular flexibility index (Phi) is 3.90. The molecule has 1 saturated heterocycles. The van der Waals surface area contributed by atoms with Gasteiger partial charge in [-0.15, -0.1) is 0 Å². The summed E-state index contributed by atoms with van der Waals surface area (Å²) in [6, 6.07) is 6.58. The van der Waals surface area contributed by atoms with Crippen molar-refractivity contribution in [1.29, 1.82) is 0 Å². The average Bonchev–Trinajstić information content (AvgIpc) is 3.30. The second-order valence-corrected chi connectivity index (χ2v) is 6.48. The molecule has 6 heteroatoms. The number of aryl methyl sites for hydroxylation is 2. The van der Waals surface area contributed by atoms with Crippen molar-refractivity contribution in [3.63, 3.8) is 0 Å². The summed E-state index contributed by atoms with van der Waals surface area (Å²) >= 11 is 0. The van der Waals surface area contributed by atoms with Gasteiger partial charge in [0.05, 0.1) is 12.2 Å². The summed E-state index contributed by atoms with van der Waals surface area (Å²) in [5.41, 5.74) is 3.81. The van der Waals surface area contributed by atoms with E-state index < -0.39 is 0 Å². The molecule has 124 valence electrons. The topological polar surface area (TPSA) is 60.0 Å². The zero-order valence-corrected chi connectivity index (χ0v) is 14.0. The molecular formula is C18H21N5O. The van der Waals surface area contributed by atoms with E-state index >= 15 is 0 Å². The van der Waals surface area contributed by atoms with E-state index in [9.17, 15) is 0 Å². The average molecular weight is 323 g/mol. The molecule has 2 aromatic heterocycles. The van der Waals surface area contributed by atoms with E-state index in [-0.39, 0.29) is 0 Å². The van der Waals surface area contributed by atoms with Crippen LogP contribution in [0.1, 0.15) is 35.2 Å². The first-order valence-corrected chi connectivity index (χ1v) is 8.29. The van der Waals surface area contributed by atoms with Crippen molar-refractivity contribution in [3.8, 4) is 5.69 Å². The maximum absolute atomic E-state index is 5.33. The van der Waals surface area contributed by atoms with Crippen molar-refractivity contribution in [2.45, 2.75) is 32.7 Å². The molecule has 1 aliphatic heterocycles. The van der Waals surface area contributed by atoms with E-state index in [1.165, 1.54) is 11.1 Å². The van der Waals surface area contributed by atoms with Gasteiger partial charge in [0.1, 0.15) is 0 Å². The standard InChI is InChI=1S/C18H21N5O/c1-13-9-17(23-8-6-19-12-23)4-3-15(13)10-22-7-5-16(11-22)18-20-14(2)21-24-18/h3-4,6,8-9,12,16H,5,7,10-11H2,1-2H3/t16-/m0/s1. The third-order valence-electron chi connectivity index (χ3n) is 4.69. The van der Waals surface area contributed by atoms with E-state index in [2.05, 4.69) is 45.1 Å². The highest BCUT2D eigenvalue weighted by molar-refractivity contribution is 5.40. The number of benzene rings is 1. The molecule has 6 nitrogen and oxygen atoms in total. The van der Waals surface area contributed by atoms with Crippen molar-refractivity contribution in [2.75, 3.05) is 13.1 Å². The minimum atomic E-state index is 0.358. The molecule has 3 aromatic rings. The summed E-state index contributed by atoms with van der Waals surface area (Å²) < 4.78 is 7.36. The number of hydrogen-bond donors (Lipinski definition) is 0. The van der Waals surface area contributed by atoms with Gasteiger partial charge in [-0.1, -0.05) is 11.2 Å². The summed E-state index contributed by atoms with van der Waals surface area (Å²) in [4.78, 5) is 10.9. The zero-order valence-electron chi connectivity index (χ0n) is 14.0. The van der Waals surface area contributed by atoms with Crippen molar-refractivity contribution in [1.82, 2.24) is 24.6 Å². The van der Waals surface area contributed by atoms with Gasteiger partial charge in [0, 0.05) is 31.2 Å². The highest BCUT2D eigenvalue weighted by Gasteiger charge is 2.28. The highest BCUT2D eigenvalue weighted by Crippen LogP contribution is 2.27. The molecule has 0 spiro atoms. The predicted molar refractivity (Wildman–Crippen MR) is 90.0 cm³/mol. The second kappa shape index (κ2) is 6.20. The van der Waals surface area contributed by atoms with E-state index in [4.69, 9.17) is 4.52 Å². The van der Waals surface area contributed by atoms with E-state index in [0.29, 0.717) is 5.92 Å². The van der Waals surface area contributed by atoms with Crippen molar-refractivity contribution in [2.24, 2.45) is 0 Å². The molecule has 0 radical (unpaired) electrons. The van der Waals surface area contributed by atoms with Crippen LogP contribution in [-0.2, 0) is 6.54 Å². The first-order valence-electron chi connectivity index (χ1n) is 8.29. The fourth-order valence-electron chi connectivity index (χ4n) is 3.33. The molecule has 0 saturated carbocycles. The Morgan fingerprint density at radius 2 is 2.21 bits per heavy atom. The fourth-order valence-corrected chi connectivity index (χ4v) is 3.33. The molecular weight excluding hydrogens is 302 g/mol. The van der Waals surface area contributed by atoms with Gasteiger partial charge in [-0.25, -0.2) is 4.98 Å². The molecule has 1 aliphatic rings. The van der Waals surface area contributed by atoms with Gasteiger partial charge in [0.25, 0.3) is 0 Å². The highest BCUT2D eigenvalue weighted by atomic mass is 16.5. The number of imidazole rings is 1. The van der Waals surface area contributed by atoms with Crippen LogP contribution in [0.15, 0.2) is 41.4 Å². The second-order valence-electron chi connectivity index (χ2n) is 6.48. The summed E-state index contributed by atoms with van der Waals surface area (Å²) in [5, 5.41) is 3.91. The summed E-state index contributed by atoms with van der Waals surface area (Å²) in [6.45, 7) is 7.04. The van der Waals surface area contributed by atoms with Gasteiger partial charge in [0.2, 0.25) is 5.89 Å². The molecule has 0 unspecified atom stereocenters. The summed E-state index contributed by atoms with van der Waals surface area (Å²) in [7, 11) is 0. The zero-order chi connectivity index (χ0) is 16.5. The van der Waals surface area contributed by atoms with Gasteiger partial charge in [0.15, 0.2) is 5.82 Å².